The minimum Gasteiger partial charge on any atom is -1.00 e. The molecular formula is C40H44IN5O5. The van der Waals surface area contributed by atoms with Gasteiger partial charge in [-0.2, -0.15) is 5.26 Å². The summed E-state index contributed by atoms with van der Waals surface area (Å²) in [5.41, 5.74) is 6.35. The van der Waals surface area contributed by atoms with Crippen LogP contribution in [0.25, 0.3) is 17.2 Å². The number of nitriles is 1. The first-order valence-corrected chi connectivity index (χ1v) is 17.2. The Morgan fingerprint density at radius 1 is 0.961 bits per heavy atom. The number of unbranched alkanes of at least 4 members (excludes halogenated alkanes) is 2. The van der Waals surface area contributed by atoms with E-state index in [1.807, 2.05) is 49.3 Å². The van der Waals surface area contributed by atoms with Crippen molar-refractivity contribution in [3.63, 3.8) is 0 Å². The molecule has 2 aromatic carbocycles. The molecule has 11 heteroatoms. The number of fused-ring (bicyclic) bond motifs is 1. The molecule has 266 valence electrons. The lowest BCUT2D eigenvalue weighted by Crippen LogP contribution is -3.00. The van der Waals surface area contributed by atoms with Crippen LogP contribution in [0, 0.1) is 11.3 Å². The number of carbonyl (C=O) groups excluding carboxylic acids is 3. The van der Waals surface area contributed by atoms with Crippen molar-refractivity contribution in [1.82, 2.24) is 5.06 Å². The second kappa shape index (κ2) is 18.3. The Hall–Kier alpha value is -4.96. The van der Waals surface area contributed by atoms with Gasteiger partial charge in [0.05, 0.1) is 0 Å². The van der Waals surface area contributed by atoms with Gasteiger partial charge in [-0.25, -0.2) is 9.36 Å². The molecule has 0 saturated carbocycles. The molecule has 0 unspecified atom stereocenters. The molecule has 3 aromatic rings. The number of imide groups is 1. The van der Waals surface area contributed by atoms with Gasteiger partial charge in [0.1, 0.15) is 30.2 Å². The lowest BCUT2D eigenvalue weighted by atomic mass is 9.97. The van der Waals surface area contributed by atoms with E-state index < -0.39 is 17.8 Å². The zero-order valence-corrected chi connectivity index (χ0v) is 31.8. The molecule has 3 heterocycles. The first kappa shape index (κ1) is 38.8. The van der Waals surface area contributed by atoms with Crippen LogP contribution in [0.3, 0.4) is 0 Å². The zero-order chi connectivity index (χ0) is 35.6. The number of allylic oxidation sites excluding steroid dienone is 4. The molecule has 10 nitrogen and oxygen atoms in total. The highest BCUT2D eigenvalue weighted by Gasteiger charge is 2.32. The number of amides is 2. The quantitative estimate of drug-likeness (QED) is 0.0804. The monoisotopic (exact) mass is 801 g/mol. The number of aryl methyl sites for hydroxylation is 1. The molecule has 51 heavy (non-hydrogen) atoms. The van der Waals surface area contributed by atoms with Gasteiger partial charge in [-0.05, 0) is 68.2 Å². The Labute approximate surface area is 317 Å². The summed E-state index contributed by atoms with van der Waals surface area (Å²) < 4.78 is 8.35. The fraction of sp³-hybridized carbons (Fsp3) is 0.325. The van der Waals surface area contributed by atoms with Crippen molar-refractivity contribution in [2.45, 2.75) is 52.4 Å². The normalized spacial score (nSPS) is 14.6. The Morgan fingerprint density at radius 2 is 1.63 bits per heavy atom. The number of benzene rings is 2. The number of aromatic nitrogens is 1. The SMILES string of the molecule is CCN(CC)c1ccc2c(c1)O/C(=C(/C#N)c1cc[n+](C)cc1)C=C2/C=C/c1ccc(N(C)CCCCCC(=O)ON2C(=O)CCC2=O)cc1.[I-]. The van der Waals surface area contributed by atoms with Crippen molar-refractivity contribution in [2.24, 2.45) is 7.05 Å². The van der Waals surface area contributed by atoms with Crippen LogP contribution in [0.2, 0.25) is 0 Å². The molecule has 0 aliphatic carbocycles. The number of hydrogen-bond acceptors (Lipinski definition) is 8. The van der Waals surface area contributed by atoms with E-state index in [0.29, 0.717) is 28.6 Å². The van der Waals surface area contributed by atoms with Crippen molar-refractivity contribution in [1.29, 1.82) is 5.26 Å². The van der Waals surface area contributed by atoms with Crippen molar-refractivity contribution in [2.75, 3.05) is 36.5 Å². The first-order valence-electron chi connectivity index (χ1n) is 17.2. The van der Waals surface area contributed by atoms with Gasteiger partial charge in [0, 0.05) is 86.6 Å². The summed E-state index contributed by atoms with van der Waals surface area (Å²) in [6, 6.07) is 20.8. The molecule has 0 spiro atoms. The highest BCUT2D eigenvalue weighted by atomic mass is 127. The summed E-state index contributed by atoms with van der Waals surface area (Å²) in [6.07, 6.45) is 12.5. The van der Waals surface area contributed by atoms with Crippen LogP contribution >= 0.6 is 0 Å². The zero-order valence-electron chi connectivity index (χ0n) is 29.6. The fourth-order valence-corrected chi connectivity index (χ4v) is 5.93. The van der Waals surface area contributed by atoms with Crippen LogP contribution in [0.4, 0.5) is 11.4 Å². The van der Waals surface area contributed by atoms with E-state index in [0.717, 1.165) is 66.1 Å². The summed E-state index contributed by atoms with van der Waals surface area (Å²) in [5, 5.41) is 10.8. The van der Waals surface area contributed by atoms with Gasteiger partial charge >= 0.3 is 5.97 Å². The predicted octanol–water partition coefficient (Wildman–Crippen LogP) is 3.39. The van der Waals surface area contributed by atoms with E-state index in [2.05, 4.69) is 84.3 Å². The van der Waals surface area contributed by atoms with Gasteiger partial charge in [-0.15, -0.1) is 5.06 Å². The van der Waals surface area contributed by atoms with Crippen LogP contribution in [0.5, 0.6) is 5.75 Å². The van der Waals surface area contributed by atoms with Crippen molar-refractivity contribution >= 4 is 46.4 Å². The highest BCUT2D eigenvalue weighted by Crippen LogP contribution is 2.39. The number of hydroxylamine groups is 2. The lowest BCUT2D eigenvalue weighted by Gasteiger charge is -2.25. The van der Waals surface area contributed by atoms with Crippen LogP contribution in [0.15, 0.2) is 84.9 Å². The average molecular weight is 802 g/mol. The van der Waals surface area contributed by atoms with Crippen molar-refractivity contribution in [3.05, 3.63) is 102 Å². The molecule has 1 fully saturated rings. The molecular weight excluding hydrogens is 757 g/mol. The van der Waals surface area contributed by atoms with Gasteiger partial charge < -0.3 is 43.4 Å². The van der Waals surface area contributed by atoms with Crippen LogP contribution < -0.4 is 43.1 Å². The maximum atomic E-state index is 12.0. The number of rotatable bonds is 14. The number of ether oxygens (including phenoxy) is 1. The Bertz CT molecular complexity index is 1840. The summed E-state index contributed by atoms with van der Waals surface area (Å²) in [5.74, 6) is -0.257. The van der Waals surface area contributed by atoms with E-state index in [-0.39, 0.29) is 43.2 Å². The number of pyridine rings is 1. The van der Waals surface area contributed by atoms with Crippen LogP contribution in [-0.4, -0.2) is 49.5 Å². The number of hydrogen-bond donors (Lipinski definition) is 0. The molecule has 2 aliphatic heterocycles. The van der Waals surface area contributed by atoms with Gasteiger partial charge in [0.15, 0.2) is 12.4 Å². The molecule has 0 bridgehead atoms. The predicted molar refractivity (Wildman–Crippen MR) is 193 cm³/mol. The molecule has 0 radical (unpaired) electrons. The molecule has 0 atom stereocenters. The highest BCUT2D eigenvalue weighted by molar-refractivity contribution is 6.01. The molecule has 1 aromatic heterocycles. The maximum absolute atomic E-state index is 12.0. The minimum atomic E-state index is -0.557. The largest absolute Gasteiger partial charge is 1.00 e. The smallest absolute Gasteiger partial charge is 0.333 e. The van der Waals surface area contributed by atoms with Gasteiger partial charge in [-0.1, -0.05) is 30.7 Å². The van der Waals surface area contributed by atoms with Gasteiger partial charge in [-0.3, -0.25) is 9.59 Å². The van der Waals surface area contributed by atoms with Crippen LogP contribution in [0.1, 0.15) is 69.1 Å². The van der Waals surface area contributed by atoms with Crippen molar-refractivity contribution < 1.29 is 52.5 Å². The standard InChI is InChI=1S/C40H44N5O5.HI/c1-5-44(6-2)33-17-18-34-31(26-36(49-37(34)27-33)35(28-41)30-21-24-42(3)25-22-30)14-11-29-12-15-32(16-13-29)43(4)23-9-7-8-10-40(48)50-45-38(46)19-20-39(45)47;/h11-18,21-22,24-27H,5-10,19-20,23H2,1-4H3;1H/q+1;/p-1. The average Bonchev–Trinajstić information content (AvgIpc) is 3.44. The first-order chi connectivity index (χ1) is 24.2. The fourth-order valence-electron chi connectivity index (χ4n) is 5.93. The number of anilines is 2. The van der Waals surface area contributed by atoms with Gasteiger partial charge in [0.25, 0.3) is 11.8 Å². The third kappa shape index (κ3) is 9.85. The van der Waals surface area contributed by atoms with E-state index in [1.165, 1.54) is 0 Å². The summed E-state index contributed by atoms with van der Waals surface area (Å²) >= 11 is 0. The number of carbonyl (C=O) groups is 3. The maximum Gasteiger partial charge on any atom is 0.333 e. The van der Waals surface area contributed by atoms with Crippen LogP contribution in [-0.2, 0) is 26.3 Å². The third-order valence-electron chi connectivity index (χ3n) is 8.90. The second-order valence-corrected chi connectivity index (χ2v) is 12.4. The topological polar surface area (TPSA) is 107 Å². The summed E-state index contributed by atoms with van der Waals surface area (Å²) in [4.78, 5) is 44.7. The molecule has 2 aliphatic rings. The Kier molecular flexibility index (Phi) is 14.0. The minimum absolute atomic E-state index is 0. The lowest BCUT2D eigenvalue weighted by molar-refractivity contribution is -0.671. The molecule has 5 rings (SSSR count). The summed E-state index contributed by atoms with van der Waals surface area (Å²) in [6.45, 7) is 6.82. The molecule has 0 N–H and O–H groups in total. The van der Waals surface area contributed by atoms with E-state index in [4.69, 9.17) is 9.57 Å². The van der Waals surface area contributed by atoms with Crippen molar-refractivity contribution in [3.8, 4) is 11.8 Å². The van der Waals surface area contributed by atoms with E-state index >= 15 is 0 Å². The van der Waals surface area contributed by atoms with E-state index in [1.54, 1.807) is 0 Å². The Balaban J connectivity index is 0.00000583. The Morgan fingerprint density at radius 3 is 2.27 bits per heavy atom. The molecule has 2 amide bonds. The molecule has 1 saturated heterocycles. The summed E-state index contributed by atoms with van der Waals surface area (Å²) in [7, 11) is 3.98. The van der Waals surface area contributed by atoms with Gasteiger partial charge in [0.2, 0.25) is 0 Å². The number of nitrogens with zero attached hydrogens (tertiary/aromatic N) is 5. The van der Waals surface area contributed by atoms with E-state index in [9.17, 15) is 19.6 Å². The number of halogens is 1. The second-order valence-electron chi connectivity index (χ2n) is 12.4. The third-order valence-corrected chi connectivity index (χ3v) is 8.90.